The van der Waals surface area contributed by atoms with Crippen molar-refractivity contribution in [2.24, 2.45) is 0 Å². The molecule has 9 heteroatoms. The Balaban J connectivity index is 1.53. The fourth-order valence-corrected chi connectivity index (χ4v) is 5.39. The van der Waals surface area contributed by atoms with Crippen LogP contribution < -0.4 is 10.0 Å². The van der Waals surface area contributed by atoms with E-state index in [1.54, 1.807) is 36.4 Å². The molecule has 2 heterocycles. The number of carbonyl (C=O) groups excluding carboxylic acids is 1. The van der Waals surface area contributed by atoms with Crippen LogP contribution in [0.1, 0.15) is 42.5 Å². The minimum absolute atomic E-state index is 0.0805. The van der Waals surface area contributed by atoms with E-state index < -0.39 is 10.0 Å². The number of benzene rings is 3. The highest BCUT2D eigenvalue weighted by Gasteiger charge is 2.22. The molecule has 5 rings (SSSR count). The Hall–Kier alpha value is -4.37. The number of H-pyrrole nitrogens is 2. The number of sulfonamides is 1. The SMILES string of the molecule is Cc1cc(NC(=O)c2[nH]c3ccc(NS(=O)(=O)c4ccc(C(C)(C)C)cc4)cc3c2-c2ccccc2)n[nH]1. The van der Waals surface area contributed by atoms with Crippen LogP contribution in [0.5, 0.6) is 0 Å². The van der Waals surface area contributed by atoms with Crippen molar-refractivity contribution >= 4 is 38.3 Å². The Morgan fingerprint density at radius 3 is 2.26 bits per heavy atom. The molecular weight excluding hydrogens is 498 g/mol. The summed E-state index contributed by atoms with van der Waals surface area (Å²) in [5, 5.41) is 10.4. The number of nitrogens with zero attached hydrogens (tertiary/aromatic N) is 1. The molecular formula is C29H29N5O3S. The molecule has 0 aliphatic heterocycles. The first-order valence-corrected chi connectivity index (χ1v) is 13.7. The van der Waals surface area contributed by atoms with Crippen LogP contribution in [0.3, 0.4) is 0 Å². The Morgan fingerprint density at radius 2 is 1.63 bits per heavy atom. The van der Waals surface area contributed by atoms with Crippen molar-refractivity contribution < 1.29 is 13.2 Å². The van der Waals surface area contributed by atoms with E-state index in [0.29, 0.717) is 33.7 Å². The van der Waals surface area contributed by atoms with Crippen molar-refractivity contribution in [2.75, 3.05) is 10.0 Å². The Kier molecular flexibility index (Phi) is 6.32. The lowest BCUT2D eigenvalue weighted by Gasteiger charge is -2.19. The van der Waals surface area contributed by atoms with Gasteiger partial charge in [0.2, 0.25) is 0 Å². The van der Waals surface area contributed by atoms with Gasteiger partial charge in [-0.05, 0) is 53.8 Å². The lowest BCUT2D eigenvalue weighted by molar-refractivity contribution is 0.102. The normalized spacial score (nSPS) is 12.0. The van der Waals surface area contributed by atoms with Gasteiger partial charge in [0.15, 0.2) is 5.82 Å². The second-order valence-corrected chi connectivity index (χ2v) is 12.0. The van der Waals surface area contributed by atoms with Crippen LogP contribution in [0.15, 0.2) is 83.8 Å². The molecule has 3 aromatic carbocycles. The maximum Gasteiger partial charge on any atom is 0.273 e. The van der Waals surface area contributed by atoms with Gasteiger partial charge in [-0.3, -0.25) is 14.6 Å². The van der Waals surface area contributed by atoms with E-state index in [1.807, 2.05) is 49.4 Å². The smallest absolute Gasteiger partial charge is 0.273 e. The van der Waals surface area contributed by atoms with Gasteiger partial charge in [-0.15, -0.1) is 0 Å². The summed E-state index contributed by atoms with van der Waals surface area (Å²) in [5.74, 6) is 0.0590. The van der Waals surface area contributed by atoms with Crippen LogP contribution in [0.2, 0.25) is 0 Å². The van der Waals surface area contributed by atoms with E-state index in [0.717, 1.165) is 16.8 Å². The monoisotopic (exact) mass is 527 g/mol. The lowest BCUT2D eigenvalue weighted by Crippen LogP contribution is -2.14. The number of aryl methyl sites for hydroxylation is 1. The van der Waals surface area contributed by atoms with Gasteiger partial charge in [-0.2, -0.15) is 5.10 Å². The summed E-state index contributed by atoms with van der Waals surface area (Å²) in [6.45, 7) is 8.09. The number of anilines is 2. The third kappa shape index (κ3) is 5.05. The Morgan fingerprint density at radius 1 is 0.921 bits per heavy atom. The first-order chi connectivity index (χ1) is 18.0. The van der Waals surface area contributed by atoms with E-state index in [1.165, 1.54) is 0 Å². The van der Waals surface area contributed by atoms with Crippen molar-refractivity contribution in [1.82, 2.24) is 15.2 Å². The summed E-state index contributed by atoms with van der Waals surface area (Å²) in [5.41, 5.74) is 4.72. The number of nitrogens with one attached hydrogen (secondary N) is 4. The molecule has 2 aromatic heterocycles. The van der Waals surface area contributed by atoms with E-state index in [9.17, 15) is 13.2 Å². The Labute approximate surface area is 221 Å². The molecule has 5 aromatic rings. The van der Waals surface area contributed by atoms with Crippen LogP contribution in [0.25, 0.3) is 22.0 Å². The average molecular weight is 528 g/mol. The van der Waals surface area contributed by atoms with Crippen LogP contribution in [0.4, 0.5) is 11.5 Å². The number of amides is 1. The third-order valence-electron chi connectivity index (χ3n) is 6.32. The molecule has 38 heavy (non-hydrogen) atoms. The fraction of sp³-hybridized carbons (Fsp3) is 0.172. The van der Waals surface area contributed by atoms with Gasteiger partial charge >= 0.3 is 0 Å². The molecule has 8 nitrogen and oxygen atoms in total. The largest absolute Gasteiger partial charge is 0.350 e. The maximum absolute atomic E-state index is 13.3. The van der Waals surface area contributed by atoms with Crippen LogP contribution in [-0.4, -0.2) is 29.5 Å². The zero-order valence-electron chi connectivity index (χ0n) is 21.6. The van der Waals surface area contributed by atoms with Crippen LogP contribution >= 0.6 is 0 Å². The molecule has 0 saturated carbocycles. The van der Waals surface area contributed by atoms with Crippen molar-refractivity contribution in [3.63, 3.8) is 0 Å². The van der Waals surface area contributed by atoms with Gasteiger partial charge in [0, 0.05) is 33.9 Å². The zero-order chi connectivity index (χ0) is 27.1. The molecule has 0 aliphatic rings. The number of carbonyl (C=O) groups is 1. The summed E-state index contributed by atoms with van der Waals surface area (Å²) in [7, 11) is -3.82. The van der Waals surface area contributed by atoms with Gasteiger partial charge < -0.3 is 10.3 Å². The number of hydrogen-bond acceptors (Lipinski definition) is 4. The molecule has 0 spiro atoms. The maximum atomic E-state index is 13.3. The molecule has 4 N–H and O–H groups in total. The molecule has 0 bridgehead atoms. The molecule has 0 saturated heterocycles. The van der Waals surface area contributed by atoms with E-state index in [-0.39, 0.29) is 16.2 Å². The highest BCUT2D eigenvalue weighted by molar-refractivity contribution is 7.92. The summed E-state index contributed by atoms with van der Waals surface area (Å²) in [6.07, 6.45) is 0. The lowest BCUT2D eigenvalue weighted by atomic mass is 9.87. The van der Waals surface area contributed by atoms with E-state index >= 15 is 0 Å². The molecule has 194 valence electrons. The van der Waals surface area contributed by atoms with E-state index in [2.05, 4.69) is 46.0 Å². The molecule has 0 radical (unpaired) electrons. The van der Waals surface area contributed by atoms with Crippen LogP contribution in [-0.2, 0) is 15.4 Å². The summed E-state index contributed by atoms with van der Waals surface area (Å²) >= 11 is 0. The first-order valence-electron chi connectivity index (χ1n) is 12.2. The van der Waals surface area contributed by atoms with Crippen molar-refractivity contribution in [3.05, 3.63) is 95.8 Å². The molecule has 0 aliphatic carbocycles. The molecule has 1 amide bonds. The second kappa shape index (κ2) is 9.50. The summed E-state index contributed by atoms with van der Waals surface area (Å²) < 4.78 is 29.0. The first kappa shape index (κ1) is 25.3. The number of rotatable bonds is 6. The standard InChI is InChI=1S/C29H29N5O3S/c1-18-16-25(33-32-18)31-28(35)27-26(19-8-6-5-7-9-19)23-17-21(12-15-24(23)30-27)34-38(36,37)22-13-10-20(11-14-22)29(2,3)4/h5-17,30,34H,1-4H3,(H2,31,32,33,35). The molecule has 0 fully saturated rings. The minimum Gasteiger partial charge on any atom is -0.350 e. The quantitative estimate of drug-likeness (QED) is 0.210. The number of hydrogen-bond donors (Lipinski definition) is 4. The van der Waals surface area contributed by atoms with E-state index in [4.69, 9.17) is 0 Å². The van der Waals surface area contributed by atoms with Gasteiger partial charge in [0.1, 0.15) is 5.69 Å². The van der Waals surface area contributed by atoms with Crippen molar-refractivity contribution in [1.29, 1.82) is 0 Å². The predicted molar refractivity (Wildman–Crippen MR) is 151 cm³/mol. The predicted octanol–water partition coefficient (Wildman–Crippen LogP) is 6.22. The van der Waals surface area contributed by atoms with Gasteiger partial charge in [0.25, 0.3) is 15.9 Å². The minimum atomic E-state index is -3.82. The fourth-order valence-electron chi connectivity index (χ4n) is 4.34. The van der Waals surface area contributed by atoms with Gasteiger partial charge in [-0.1, -0.05) is 63.2 Å². The summed E-state index contributed by atoms with van der Waals surface area (Å²) in [4.78, 5) is 16.7. The topological polar surface area (TPSA) is 120 Å². The average Bonchev–Trinajstić information content (AvgIpc) is 3.46. The number of fused-ring (bicyclic) bond motifs is 1. The van der Waals surface area contributed by atoms with Gasteiger partial charge in [-0.25, -0.2) is 8.42 Å². The highest BCUT2D eigenvalue weighted by Crippen LogP contribution is 2.35. The molecule has 0 atom stereocenters. The van der Waals surface area contributed by atoms with Crippen molar-refractivity contribution in [3.8, 4) is 11.1 Å². The number of aromatic amines is 2. The summed E-state index contributed by atoms with van der Waals surface area (Å²) in [6, 6.07) is 23.3. The van der Waals surface area contributed by atoms with Crippen molar-refractivity contribution in [2.45, 2.75) is 38.0 Å². The highest BCUT2D eigenvalue weighted by atomic mass is 32.2. The third-order valence-corrected chi connectivity index (χ3v) is 7.72. The zero-order valence-corrected chi connectivity index (χ0v) is 22.4. The van der Waals surface area contributed by atoms with Crippen LogP contribution in [0, 0.1) is 6.92 Å². The number of aromatic nitrogens is 3. The Bertz CT molecular complexity index is 1730. The molecule has 0 unspecified atom stereocenters. The van der Waals surface area contributed by atoms with Gasteiger partial charge in [0.05, 0.1) is 4.90 Å². The second-order valence-electron chi connectivity index (χ2n) is 10.3.